The molecule has 1 unspecified atom stereocenters. The lowest BCUT2D eigenvalue weighted by atomic mass is 9.90. The molecule has 1 amide bonds. The van der Waals surface area contributed by atoms with Crippen molar-refractivity contribution >= 4 is 34.8 Å². The fraction of sp³-hybridized carbons (Fsp3) is 0.133. The van der Waals surface area contributed by atoms with Crippen LogP contribution in [-0.4, -0.2) is 5.91 Å². The Morgan fingerprint density at radius 3 is 2.15 bits per heavy atom. The van der Waals surface area contributed by atoms with Gasteiger partial charge in [0.15, 0.2) is 0 Å². The van der Waals surface area contributed by atoms with Gasteiger partial charge in [-0.25, -0.2) is 0 Å². The molecule has 2 aromatic rings. The Morgan fingerprint density at radius 1 is 1.05 bits per heavy atom. The molecule has 0 heterocycles. The number of nitrogens with one attached hydrogen (secondary N) is 1. The van der Waals surface area contributed by atoms with Gasteiger partial charge in [0, 0.05) is 10.6 Å². The van der Waals surface area contributed by atoms with Crippen LogP contribution in [0.25, 0.3) is 0 Å². The first-order chi connectivity index (χ1) is 9.45. The average molecular weight is 309 g/mol. The van der Waals surface area contributed by atoms with Crippen LogP contribution in [0.3, 0.4) is 0 Å². The number of nitrogens with two attached hydrogens (primary N) is 1. The molecule has 2 aromatic carbocycles. The molecular formula is C15H14Cl2N2O. The minimum Gasteiger partial charge on any atom is -0.367 e. The number of primary amides is 1. The maximum absolute atomic E-state index is 11.9. The second kappa shape index (κ2) is 5.73. The smallest absolute Gasteiger partial charge is 0.247 e. The van der Waals surface area contributed by atoms with Crippen LogP contribution in [0.1, 0.15) is 12.5 Å². The lowest BCUT2D eigenvalue weighted by molar-refractivity contribution is -0.122. The highest BCUT2D eigenvalue weighted by molar-refractivity contribution is 6.33. The van der Waals surface area contributed by atoms with Crippen molar-refractivity contribution in [3.8, 4) is 0 Å². The Hall–Kier alpha value is -1.71. The molecule has 0 saturated heterocycles. The van der Waals surface area contributed by atoms with Crippen molar-refractivity contribution < 1.29 is 4.79 Å². The van der Waals surface area contributed by atoms with Crippen LogP contribution in [-0.2, 0) is 10.3 Å². The number of hydrogen-bond acceptors (Lipinski definition) is 2. The van der Waals surface area contributed by atoms with Gasteiger partial charge in [0.1, 0.15) is 5.54 Å². The molecule has 0 aliphatic rings. The van der Waals surface area contributed by atoms with E-state index in [4.69, 9.17) is 28.9 Å². The van der Waals surface area contributed by atoms with Crippen LogP contribution in [0.5, 0.6) is 0 Å². The van der Waals surface area contributed by atoms with E-state index in [1.807, 2.05) is 12.1 Å². The summed E-state index contributed by atoms with van der Waals surface area (Å²) in [4.78, 5) is 11.9. The summed E-state index contributed by atoms with van der Waals surface area (Å²) in [6.07, 6.45) is 0. The lowest BCUT2D eigenvalue weighted by Crippen LogP contribution is -2.45. The molecule has 0 bridgehead atoms. The number of rotatable bonds is 4. The standard InChI is InChI=1S/C15H14Cl2N2O/c1-15(14(18)20,10-6-2-3-7-11(10)16)19-13-9-5-4-8-12(13)17/h2-9,19H,1H3,(H2,18,20). The lowest BCUT2D eigenvalue weighted by Gasteiger charge is -2.30. The van der Waals surface area contributed by atoms with E-state index in [9.17, 15) is 4.79 Å². The Kier molecular flexibility index (Phi) is 4.21. The zero-order valence-corrected chi connectivity index (χ0v) is 12.4. The van der Waals surface area contributed by atoms with Gasteiger partial charge in [-0.05, 0) is 25.1 Å². The number of hydrogen-bond donors (Lipinski definition) is 2. The Morgan fingerprint density at radius 2 is 1.60 bits per heavy atom. The van der Waals surface area contributed by atoms with E-state index in [0.717, 1.165) is 0 Å². The van der Waals surface area contributed by atoms with Crippen LogP contribution >= 0.6 is 23.2 Å². The second-order valence-electron chi connectivity index (χ2n) is 4.57. The third kappa shape index (κ3) is 2.74. The highest BCUT2D eigenvalue weighted by Gasteiger charge is 2.35. The molecule has 0 saturated carbocycles. The SMILES string of the molecule is CC(Nc1ccccc1Cl)(C(N)=O)c1ccccc1Cl. The molecule has 20 heavy (non-hydrogen) atoms. The number of amides is 1. The van der Waals surface area contributed by atoms with Gasteiger partial charge in [-0.1, -0.05) is 53.5 Å². The topological polar surface area (TPSA) is 55.1 Å². The van der Waals surface area contributed by atoms with E-state index in [-0.39, 0.29) is 0 Å². The minimum atomic E-state index is -1.15. The Bertz CT molecular complexity index is 645. The maximum atomic E-state index is 11.9. The van der Waals surface area contributed by atoms with Crippen LogP contribution in [0, 0.1) is 0 Å². The second-order valence-corrected chi connectivity index (χ2v) is 5.39. The van der Waals surface area contributed by atoms with Gasteiger partial charge in [0.05, 0.1) is 10.7 Å². The van der Waals surface area contributed by atoms with Crippen LogP contribution < -0.4 is 11.1 Å². The van der Waals surface area contributed by atoms with Crippen LogP contribution in [0.4, 0.5) is 5.69 Å². The third-order valence-corrected chi connectivity index (χ3v) is 3.82. The predicted octanol–water partition coefficient (Wildman–Crippen LogP) is 3.81. The van der Waals surface area contributed by atoms with Gasteiger partial charge in [0.25, 0.3) is 0 Å². The molecule has 0 spiro atoms. The highest BCUT2D eigenvalue weighted by atomic mass is 35.5. The van der Waals surface area contributed by atoms with Gasteiger partial charge in [0.2, 0.25) is 5.91 Å². The molecule has 3 N–H and O–H groups in total. The summed E-state index contributed by atoms with van der Waals surface area (Å²) >= 11 is 12.3. The number of benzene rings is 2. The predicted molar refractivity (Wildman–Crippen MR) is 83.1 cm³/mol. The fourth-order valence-electron chi connectivity index (χ4n) is 1.96. The fourth-order valence-corrected chi connectivity index (χ4v) is 2.47. The molecule has 0 aliphatic heterocycles. The van der Waals surface area contributed by atoms with Gasteiger partial charge in [-0.2, -0.15) is 0 Å². The van der Waals surface area contributed by atoms with E-state index in [1.54, 1.807) is 43.3 Å². The largest absolute Gasteiger partial charge is 0.367 e. The zero-order chi connectivity index (χ0) is 14.8. The number of carbonyl (C=O) groups excluding carboxylic acids is 1. The van der Waals surface area contributed by atoms with Crippen LogP contribution in [0.2, 0.25) is 10.0 Å². The van der Waals surface area contributed by atoms with Crippen molar-refractivity contribution in [3.63, 3.8) is 0 Å². The van der Waals surface area contributed by atoms with Crippen molar-refractivity contribution in [1.82, 2.24) is 0 Å². The van der Waals surface area contributed by atoms with Crippen molar-refractivity contribution in [2.45, 2.75) is 12.5 Å². The normalized spacial score (nSPS) is 13.6. The van der Waals surface area contributed by atoms with E-state index < -0.39 is 11.4 Å². The first-order valence-electron chi connectivity index (χ1n) is 6.03. The molecule has 5 heteroatoms. The monoisotopic (exact) mass is 308 g/mol. The van der Waals surface area contributed by atoms with Crippen molar-refractivity contribution in [3.05, 3.63) is 64.1 Å². The number of para-hydroxylation sites is 1. The molecule has 0 radical (unpaired) electrons. The summed E-state index contributed by atoms with van der Waals surface area (Å²) in [5.41, 5.74) is 5.64. The summed E-state index contributed by atoms with van der Waals surface area (Å²) < 4.78 is 0. The first kappa shape index (κ1) is 14.7. The molecule has 0 aromatic heterocycles. The molecule has 0 aliphatic carbocycles. The molecular weight excluding hydrogens is 295 g/mol. The summed E-state index contributed by atoms with van der Waals surface area (Å²) in [5, 5.41) is 4.06. The van der Waals surface area contributed by atoms with E-state index in [1.165, 1.54) is 0 Å². The summed E-state index contributed by atoms with van der Waals surface area (Å²) in [7, 11) is 0. The Labute approximate surface area is 127 Å². The number of halogens is 2. The molecule has 1 atom stereocenters. The average Bonchev–Trinajstić information content (AvgIpc) is 2.41. The van der Waals surface area contributed by atoms with Gasteiger partial charge in [-0.15, -0.1) is 0 Å². The quantitative estimate of drug-likeness (QED) is 0.902. The van der Waals surface area contributed by atoms with Gasteiger partial charge >= 0.3 is 0 Å². The van der Waals surface area contributed by atoms with E-state index in [2.05, 4.69) is 5.32 Å². The summed E-state index contributed by atoms with van der Waals surface area (Å²) in [6, 6.07) is 14.2. The Balaban J connectivity index is 2.49. The number of carbonyl (C=O) groups is 1. The van der Waals surface area contributed by atoms with Gasteiger partial charge < -0.3 is 11.1 Å². The van der Waals surface area contributed by atoms with Crippen molar-refractivity contribution in [2.75, 3.05) is 5.32 Å². The molecule has 3 nitrogen and oxygen atoms in total. The van der Waals surface area contributed by atoms with Crippen molar-refractivity contribution in [2.24, 2.45) is 5.73 Å². The van der Waals surface area contributed by atoms with E-state index in [0.29, 0.717) is 21.3 Å². The summed E-state index contributed by atoms with van der Waals surface area (Å²) in [6.45, 7) is 1.68. The third-order valence-electron chi connectivity index (χ3n) is 3.16. The van der Waals surface area contributed by atoms with Crippen molar-refractivity contribution in [1.29, 1.82) is 0 Å². The van der Waals surface area contributed by atoms with E-state index >= 15 is 0 Å². The maximum Gasteiger partial charge on any atom is 0.247 e. The zero-order valence-electron chi connectivity index (χ0n) is 10.9. The molecule has 104 valence electrons. The first-order valence-corrected chi connectivity index (χ1v) is 6.78. The number of anilines is 1. The summed E-state index contributed by atoms with van der Waals surface area (Å²) in [5.74, 6) is -0.537. The highest BCUT2D eigenvalue weighted by Crippen LogP contribution is 2.33. The van der Waals surface area contributed by atoms with Crippen LogP contribution in [0.15, 0.2) is 48.5 Å². The molecule has 0 fully saturated rings. The molecule has 2 rings (SSSR count). The van der Waals surface area contributed by atoms with Gasteiger partial charge in [-0.3, -0.25) is 4.79 Å². The minimum absolute atomic E-state index is 0.466.